The van der Waals surface area contributed by atoms with Gasteiger partial charge in [-0.3, -0.25) is 14.9 Å². The molecule has 0 radical (unpaired) electrons. The average Bonchev–Trinajstić information content (AvgIpc) is 3.53. The highest BCUT2D eigenvalue weighted by atomic mass is 32.1. The first-order valence-electron chi connectivity index (χ1n) is 10.3. The number of likely N-dealkylation sites (tertiary alicyclic amines) is 1. The lowest BCUT2D eigenvalue weighted by atomic mass is 10.1. The van der Waals surface area contributed by atoms with Crippen LogP contribution in [-0.2, 0) is 6.54 Å². The molecule has 1 amide bonds. The summed E-state index contributed by atoms with van der Waals surface area (Å²) in [5.74, 6) is 1.75. The molecule has 1 N–H and O–H groups in total. The summed E-state index contributed by atoms with van der Waals surface area (Å²) < 4.78 is 2.29. The van der Waals surface area contributed by atoms with Crippen LogP contribution in [0.25, 0.3) is 21.6 Å². The molecular formula is C22H24N6OS. The number of imidazole rings is 1. The van der Waals surface area contributed by atoms with Crippen molar-refractivity contribution >= 4 is 28.3 Å². The van der Waals surface area contributed by atoms with Crippen LogP contribution in [0.15, 0.2) is 42.0 Å². The first-order chi connectivity index (χ1) is 14.6. The van der Waals surface area contributed by atoms with E-state index in [4.69, 9.17) is 4.98 Å². The molecule has 5 heterocycles. The molecule has 1 fully saturated rings. The van der Waals surface area contributed by atoms with Gasteiger partial charge < -0.3 is 9.47 Å². The summed E-state index contributed by atoms with van der Waals surface area (Å²) in [6.07, 6.45) is 4.58. The minimum absolute atomic E-state index is 0.0234. The molecule has 1 atom stereocenters. The van der Waals surface area contributed by atoms with Gasteiger partial charge in [-0.15, -0.1) is 11.3 Å². The lowest BCUT2D eigenvalue weighted by Gasteiger charge is -2.17. The van der Waals surface area contributed by atoms with Gasteiger partial charge in [-0.1, -0.05) is 19.9 Å². The number of carbonyl (C=O) groups is 1. The van der Waals surface area contributed by atoms with Crippen molar-refractivity contribution in [2.75, 3.05) is 13.1 Å². The molecule has 1 saturated heterocycles. The first kappa shape index (κ1) is 19.0. The molecule has 0 saturated carbocycles. The van der Waals surface area contributed by atoms with E-state index in [1.54, 1.807) is 17.5 Å². The number of nitrogens with zero attached hydrogens (tertiary/aromatic N) is 5. The zero-order valence-electron chi connectivity index (χ0n) is 17.1. The Bertz CT molecular complexity index is 1180. The minimum Gasteiger partial charge on any atom is -0.336 e. The Balaban J connectivity index is 1.38. The molecule has 1 aliphatic heterocycles. The van der Waals surface area contributed by atoms with Gasteiger partial charge >= 0.3 is 0 Å². The SMILES string of the molecule is CC(C)Cn1c([C@H]2CCN(C(=O)c3cc(-c4cccs4)[nH]n3)C2)nc2ccncc21. The summed E-state index contributed by atoms with van der Waals surface area (Å²) in [4.78, 5) is 25.2. The smallest absolute Gasteiger partial charge is 0.274 e. The van der Waals surface area contributed by atoms with Gasteiger partial charge in [0, 0.05) is 31.7 Å². The number of amides is 1. The van der Waals surface area contributed by atoms with Crippen molar-refractivity contribution < 1.29 is 4.79 Å². The summed E-state index contributed by atoms with van der Waals surface area (Å²) in [6, 6.07) is 7.82. The summed E-state index contributed by atoms with van der Waals surface area (Å²) in [6.45, 7) is 6.69. The molecule has 0 spiro atoms. The topological polar surface area (TPSA) is 79.7 Å². The van der Waals surface area contributed by atoms with Gasteiger partial charge in [0.25, 0.3) is 5.91 Å². The van der Waals surface area contributed by atoms with Crippen LogP contribution < -0.4 is 0 Å². The second kappa shape index (κ2) is 7.68. The standard InChI is InChI=1S/C22H24N6OS/c1-14(2)12-28-19-11-23-7-5-16(19)24-21(28)15-6-8-27(13-15)22(29)18-10-17(25-26-18)20-4-3-9-30-20/h3-5,7,9-11,14-15H,6,8,12-13H2,1-2H3,(H,25,26)/t15-/m0/s1. The highest BCUT2D eigenvalue weighted by molar-refractivity contribution is 7.13. The number of rotatable bonds is 5. The second-order valence-corrected chi connectivity index (χ2v) is 9.17. The summed E-state index contributed by atoms with van der Waals surface area (Å²) in [5.41, 5.74) is 3.39. The van der Waals surface area contributed by atoms with E-state index in [1.165, 1.54) is 0 Å². The van der Waals surface area contributed by atoms with Crippen LogP contribution in [0.1, 0.15) is 42.5 Å². The Morgan fingerprint density at radius 3 is 3.07 bits per heavy atom. The lowest BCUT2D eigenvalue weighted by molar-refractivity contribution is 0.0784. The van der Waals surface area contributed by atoms with Gasteiger partial charge in [0.05, 0.1) is 27.8 Å². The predicted octanol–water partition coefficient (Wildman–Crippen LogP) is 4.17. The first-order valence-corrected chi connectivity index (χ1v) is 11.2. The van der Waals surface area contributed by atoms with Crippen molar-refractivity contribution in [3.05, 3.63) is 53.6 Å². The van der Waals surface area contributed by atoms with Crippen molar-refractivity contribution in [3.8, 4) is 10.6 Å². The fourth-order valence-corrected chi connectivity index (χ4v) is 4.86. The molecule has 154 valence electrons. The predicted molar refractivity (Wildman–Crippen MR) is 118 cm³/mol. The number of hydrogen-bond acceptors (Lipinski definition) is 5. The third-order valence-corrected chi connectivity index (χ3v) is 6.46. The quantitative estimate of drug-likeness (QED) is 0.526. The largest absolute Gasteiger partial charge is 0.336 e. The Labute approximate surface area is 178 Å². The highest BCUT2D eigenvalue weighted by Gasteiger charge is 2.32. The molecule has 30 heavy (non-hydrogen) atoms. The highest BCUT2D eigenvalue weighted by Crippen LogP contribution is 2.31. The van der Waals surface area contributed by atoms with Gasteiger partial charge in [-0.05, 0) is 35.9 Å². The van der Waals surface area contributed by atoms with Crippen LogP contribution in [0.5, 0.6) is 0 Å². The number of H-pyrrole nitrogens is 1. The van der Waals surface area contributed by atoms with Gasteiger partial charge in [0.1, 0.15) is 5.82 Å². The van der Waals surface area contributed by atoms with Crippen LogP contribution in [0.3, 0.4) is 0 Å². The van der Waals surface area contributed by atoms with Gasteiger partial charge in [0.15, 0.2) is 5.69 Å². The van der Waals surface area contributed by atoms with E-state index in [0.29, 0.717) is 24.7 Å². The number of hydrogen-bond donors (Lipinski definition) is 1. The fraction of sp³-hybridized carbons (Fsp3) is 0.364. The van der Waals surface area contributed by atoms with Crippen LogP contribution >= 0.6 is 11.3 Å². The van der Waals surface area contributed by atoms with E-state index in [-0.39, 0.29) is 11.8 Å². The van der Waals surface area contributed by atoms with Gasteiger partial charge in [-0.2, -0.15) is 5.10 Å². The number of fused-ring (bicyclic) bond motifs is 1. The number of aromatic nitrogens is 5. The van der Waals surface area contributed by atoms with Crippen LogP contribution in [0.2, 0.25) is 0 Å². The van der Waals surface area contributed by atoms with Crippen LogP contribution in [0, 0.1) is 5.92 Å². The van der Waals surface area contributed by atoms with Crippen LogP contribution in [0.4, 0.5) is 0 Å². The number of carbonyl (C=O) groups excluding carboxylic acids is 1. The molecule has 0 unspecified atom stereocenters. The van der Waals surface area contributed by atoms with Gasteiger partial charge in [-0.25, -0.2) is 4.98 Å². The molecule has 7 nitrogen and oxygen atoms in total. The molecule has 8 heteroatoms. The van der Waals surface area contributed by atoms with Crippen LogP contribution in [-0.4, -0.2) is 48.6 Å². The molecule has 0 aliphatic carbocycles. The molecule has 0 bridgehead atoms. The monoisotopic (exact) mass is 420 g/mol. The molecule has 0 aromatic carbocycles. The maximum absolute atomic E-state index is 13.1. The van der Waals surface area contributed by atoms with Crippen molar-refractivity contribution in [2.45, 2.75) is 32.7 Å². The fourth-order valence-electron chi connectivity index (χ4n) is 4.16. The molecule has 4 aromatic rings. The number of aromatic amines is 1. The Morgan fingerprint density at radius 2 is 2.27 bits per heavy atom. The lowest BCUT2D eigenvalue weighted by Crippen LogP contribution is -2.29. The minimum atomic E-state index is -0.0234. The van der Waals surface area contributed by atoms with Gasteiger partial charge in [0.2, 0.25) is 0 Å². The molecular weight excluding hydrogens is 396 g/mol. The van der Waals surface area contributed by atoms with E-state index < -0.39 is 0 Å². The van der Waals surface area contributed by atoms with E-state index >= 15 is 0 Å². The second-order valence-electron chi connectivity index (χ2n) is 8.22. The van der Waals surface area contributed by atoms with E-state index in [9.17, 15) is 4.79 Å². The average molecular weight is 421 g/mol. The third-order valence-electron chi connectivity index (χ3n) is 5.55. The van der Waals surface area contributed by atoms with Crippen molar-refractivity contribution in [1.29, 1.82) is 0 Å². The van der Waals surface area contributed by atoms with Crippen molar-refractivity contribution in [1.82, 2.24) is 29.6 Å². The maximum atomic E-state index is 13.1. The van der Waals surface area contributed by atoms with Crippen molar-refractivity contribution in [2.24, 2.45) is 5.92 Å². The van der Waals surface area contributed by atoms with Crippen molar-refractivity contribution in [3.63, 3.8) is 0 Å². The number of pyridine rings is 1. The zero-order chi connectivity index (χ0) is 20.7. The molecule has 1 aliphatic rings. The zero-order valence-corrected chi connectivity index (χ0v) is 17.9. The van der Waals surface area contributed by atoms with E-state index in [0.717, 1.165) is 40.4 Å². The maximum Gasteiger partial charge on any atom is 0.274 e. The number of thiophene rings is 1. The Morgan fingerprint density at radius 1 is 1.37 bits per heavy atom. The normalized spacial score (nSPS) is 16.8. The summed E-state index contributed by atoms with van der Waals surface area (Å²) >= 11 is 1.63. The van der Waals surface area contributed by atoms with E-state index in [1.807, 2.05) is 40.7 Å². The summed E-state index contributed by atoms with van der Waals surface area (Å²) in [7, 11) is 0. The van der Waals surface area contributed by atoms with E-state index in [2.05, 4.69) is 33.6 Å². The number of nitrogens with one attached hydrogen (secondary N) is 1. The Hall–Kier alpha value is -3.00. The molecule has 5 rings (SSSR count). The Kier molecular flexibility index (Phi) is 4.86. The third kappa shape index (κ3) is 3.41. The summed E-state index contributed by atoms with van der Waals surface area (Å²) in [5, 5.41) is 9.28. The molecule has 4 aromatic heterocycles.